The smallest absolute Gasteiger partial charge is 0.255 e. The van der Waals surface area contributed by atoms with Crippen molar-refractivity contribution in [1.29, 1.82) is 0 Å². The van der Waals surface area contributed by atoms with Gasteiger partial charge in [-0.1, -0.05) is 0 Å². The van der Waals surface area contributed by atoms with E-state index < -0.39 is 0 Å². The normalized spacial score (nSPS) is 16.5. The molecule has 0 bridgehead atoms. The highest BCUT2D eigenvalue weighted by atomic mass is 16.5. The summed E-state index contributed by atoms with van der Waals surface area (Å²) in [4.78, 5) is 14.6. The van der Waals surface area contributed by atoms with Gasteiger partial charge in [-0.2, -0.15) is 0 Å². The lowest BCUT2D eigenvalue weighted by Crippen LogP contribution is -2.36. The third-order valence-electron chi connectivity index (χ3n) is 4.04. The van der Waals surface area contributed by atoms with Crippen LogP contribution >= 0.6 is 0 Å². The van der Waals surface area contributed by atoms with Crippen LogP contribution in [-0.4, -0.2) is 51.7 Å². The number of methoxy groups -OCH3 is 2. The lowest BCUT2D eigenvalue weighted by molar-refractivity contribution is 0.0936. The zero-order valence-electron chi connectivity index (χ0n) is 13.0. The summed E-state index contributed by atoms with van der Waals surface area (Å²) in [6.07, 6.45) is 2.27. The predicted octanol–water partition coefficient (Wildman–Crippen LogP) is 1.78. The maximum absolute atomic E-state index is 12.3. The van der Waals surface area contributed by atoms with E-state index in [4.69, 9.17) is 9.47 Å². The number of nitrogens with one attached hydrogen (secondary N) is 1. The van der Waals surface area contributed by atoms with E-state index in [1.165, 1.54) is 0 Å². The van der Waals surface area contributed by atoms with Crippen molar-refractivity contribution in [3.8, 4) is 11.5 Å². The molecule has 116 valence electrons. The number of rotatable bonds is 5. The van der Waals surface area contributed by atoms with Crippen molar-refractivity contribution in [2.45, 2.75) is 12.8 Å². The number of carbonyl (C=O) groups excluding carboxylic acids is 1. The Morgan fingerprint density at radius 2 is 2.00 bits per heavy atom. The number of carbonyl (C=O) groups is 1. The van der Waals surface area contributed by atoms with E-state index in [0.29, 0.717) is 23.0 Å². The maximum atomic E-state index is 12.3. The van der Waals surface area contributed by atoms with Crippen LogP contribution in [0, 0.1) is 5.92 Å². The highest BCUT2D eigenvalue weighted by molar-refractivity contribution is 5.97. The molecule has 0 saturated carbocycles. The minimum atomic E-state index is -0.0894. The maximum Gasteiger partial charge on any atom is 0.255 e. The van der Waals surface area contributed by atoms with Gasteiger partial charge in [0.05, 0.1) is 19.8 Å². The molecule has 0 radical (unpaired) electrons. The Bertz CT molecular complexity index is 482. The van der Waals surface area contributed by atoms with E-state index in [9.17, 15) is 4.79 Å². The Morgan fingerprint density at radius 1 is 1.29 bits per heavy atom. The SMILES string of the molecule is COc1ccc(C(=O)NCC2CCN(C)CC2)c(OC)c1. The van der Waals surface area contributed by atoms with Crippen LogP contribution in [0.1, 0.15) is 23.2 Å². The molecule has 1 heterocycles. The number of nitrogens with zero attached hydrogens (tertiary/aromatic N) is 1. The Balaban J connectivity index is 1.94. The first kappa shape index (κ1) is 15.6. The molecule has 1 aromatic carbocycles. The molecule has 5 heteroatoms. The molecule has 1 aliphatic rings. The van der Waals surface area contributed by atoms with Gasteiger partial charge in [-0.25, -0.2) is 0 Å². The fourth-order valence-electron chi connectivity index (χ4n) is 2.58. The van der Waals surface area contributed by atoms with Crippen molar-refractivity contribution in [2.24, 2.45) is 5.92 Å². The summed E-state index contributed by atoms with van der Waals surface area (Å²) in [5, 5.41) is 3.02. The summed E-state index contributed by atoms with van der Waals surface area (Å²) in [6, 6.07) is 5.24. The molecule has 1 N–H and O–H groups in total. The number of piperidine rings is 1. The van der Waals surface area contributed by atoms with Gasteiger partial charge < -0.3 is 19.7 Å². The van der Waals surface area contributed by atoms with Crippen molar-refractivity contribution in [3.05, 3.63) is 23.8 Å². The average molecular weight is 292 g/mol. The molecule has 0 atom stereocenters. The van der Waals surface area contributed by atoms with E-state index in [-0.39, 0.29) is 5.91 Å². The Hall–Kier alpha value is -1.75. The molecule has 1 aliphatic heterocycles. The van der Waals surface area contributed by atoms with E-state index in [1.807, 2.05) is 0 Å². The number of ether oxygens (including phenoxy) is 2. The molecule has 0 aromatic heterocycles. The molecule has 0 unspecified atom stereocenters. The van der Waals surface area contributed by atoms with Crippen LogP contribution in [-0.2, 0) is 0 Å². The minimum Gasteiger partial charge on any atom is -0.497 e. The van der Waals surface area contributed by atoms with Crippen LogP contribution in [0.3, 0.4) is 0 Å². The van der Waals surface area contributed by atoms with Gasteiger partial charge in [0.2, 0.25) is 0 Å². The van der Waals surface area contributed by atoms with Gasteiger partial charge in [-0.15, -0.1) is 0 Å². The standard InChI is InChI=1S/C16H24N2O3/c1-18-8-6-12(7-9-18)11-17-16(19)14-5-4-13(20-2)10-15(14)21-3/h4-5,10,12H,6-9,11H2,1-3H3,(H,17,19). The van der Waals surface area contributed by atoms with Crippen LogP contribution in [0.25, 0.3) is 0 Å². The largest absolute Gasteiger partial charge is 0.497 e. The Morgan fingerprint density at radius 3 is 2.62 bits per heavy atom. The fraction of sp³-hybridized carbons (Fsp3) is 0.562. The van der Waals surface area contributed by atoms with Gasteiger partial charge in [-0.05, 0) is 51.0 Å². The number of hydrogen-bond donors (Lipinski definition) is 1. The van der Waals surface area contributed by atoms with Crippen LogP contribution in [0.5, 0.6) is 11.5 Å². The lowest BCUT2D eigenvalue weighted by Gasteiger charge is -2.29. The second-order valence-electron chi connectivity index (χ2n) is 5.52. The highest BCUT2D eigenvalue weighted by Gasteiger charge is 2.19. The van der Waals surface area contributed by atoms with Gasteiger partial charge in [0.25, 0.3) is 5.91 Å². The molecule has 21 heavy (non-hydrogen) atoms. The summed E-state index contributed by atoms with van der Waals surface area (Å²) in [5.41, 5.74) is 0.547. The molecule has 0 spiro atoms. The Labute approximate surface area is 126 Å². The lowest BCUT2D eigenvalue weighted by atomic mass is 9.97. The molecule has 1 amide bonds. The van der Waals surface area contributed by atoms with Crippen molar-refractivity contribution < 1.29 is 14.3 Å². The summed E-state index contributed by atoms with van der Waals surface area (Å²) in [5.74, 6) is 1.69. The van der Waals surface area contributed by atoms with Crippen molar-refractivity contribution in [3.63, 3.8) is 0 Å². The minimum absolute atomic E-state index is 0.0894. The predicted molar refractivity (Wildman–Crippen MR) is 82.1 cm³/mol. The first-order valence-corrected chi connectivity index (χ1v) is 7.32. The van der Waals surface area contributed by atoms with E-state index in [2.05, 4.69) is 17.3 Å². The molecular formula is C16H24N2O3. The van der Waals surface area contributed by atoms with Gasteiger partial charge in [0, 0.05) is 12.6 Å². The first-order valence-electron chi connectivity index (χ1n) is 7.32. The zero-order chi connectivity index (χ0) is 15.2. The quantitative estimate of drug-likeness (QED) is 0.899. The third-order valence-corrected chi connectivity index (χ3v) is 4.04. The molecule has 2 rings (SSSR count). The van der Waals surface area contributed by atoms with Crippen molar-refractivity contribution in [1.82, 2.24) is 10.2 Å². The van der Waals surface area contributed by atoms with Crippen molar-refractivity contribution in [2.75, 3.05) is 40.9 Å². The summed E-state index contributed by atoms with van der Waals surface area (Å²) in [7, 11) is 5.29. The van der Waals surface area contributed by atoms with Gasteiger partial charge in [-0.3, -0.25) is 4.79 Å². The third kappa shape index (κ3) is 4.11. The number of amides is 1. The van der Waals surface area contributed by atoms with E-state index in [1.54, 1.807) is 32.4 Å². The Kier molecular flexibility index (Phi) is 5.44. The van der Waals surface area contributed by atoms with Crippen LogP contribution in [0.2, 0.25) is 0 Å². The van der Waals surface area contributed by atoms with Gasteiger partial charge in [0.15, 0.2) is 0 Å². The van der Waals surface area contributed by atoms with Crippen LogP contribution in [0.15, 0.2) is 18.2 Å². The fourth-order valence-corrected chi connectivity index (χ4v) is 2.58. The average Bonchev–Trinajstić information content (AvgIpc) is 2.53. The van der Waals surface area contributed by atoms with Crippen LogP contribution in [0.4, 0.5) is 0 Å². The van der Waals surface area contributed by atoms with Gasteiger partial charge in [0.1, 0.15) is 11.5 Å². The molecular weight excluding hydrogens is 268 g/mol. The summed E-state index contributed by atoms with van der Waals surface area (Å²) < 4.78 is 10.4. The van der Waals surface area contributed by atoms with E-state index >= 15 is 0 Å². The van der Waals surface area contributed by atoms with Crippen LogP contribution < -0.4 is 14.8 Å². The molecule has 5 nitrogen and oxygen atoms in total. The second kappa shape index (κ2) is 7.31. The molecule has 1 aromatic rings. The van der Waals surface area contributed by atoms with Crippen molar-refractivity contribution >= 4 is 5.91 Å². The second-order valence-corrected chi connectivity index (χ2v) is 5.52. The monoisotopic (exact) mass is 292 g/mol. The van der Waals surface area contributed by atoms with Gasteiger partial charge >= 0.3 is 0 Å². The number of likely N-dealkylation sites (tertiary alicyclic amines) is 1. The summed E-state index contributed by atoms with van der Waals surface area (Å²) >= 11 is 0. The summed E-state index contributed by atoms with van der Waals surface area (Å²) in [6.45, 7) is 2.93. The first-order chi connectivity index (χ1) is 10.1. The molecule has 1 fully saturated rings. The van der Waals surface area contributed by atoms with E-state index in [0.717, 1.165) is 32.5 Å². The topological polar surface area (TPSA) is 50.8 Å². The number of benzene rings is 1. The molecule has 0 aliphatic carbocycles. The molecule has 1 saturated heterocycles. The number of hydrogen-bond acceptors (Lipinski definition) is 4. The zero-order valence-corrected chi connectivity index (χ0v) is 13.0. The highest BCUT2D eigenvalue weighted by Crippen LogP contribution is 2.24.